The lowest BCUT2D eigenvalue weighted by Gasteiger charge is -1.95. The highest BCUT2D eigenvalue weighted by Crippen LogP contribution is 2.22. The molecule has 2 heterocycles. The second-order valence-corrected chi connectivity index (χ2v) is 3.83. The van der Waals surface area contributed by atoms with Crippen LogP contribution in [0.25, 0.3) is 17.4 Å². The predicted molar refractivity (Wildman–Crippen MR) is 66.3 cm³/mol. The van der Waals surface area contributed by atoms with Gasteiger partial charge in [-0.25, -0.2) is 0 Å². The number of rotatable bonds is 3. The van der Waals surface area contributed by atoms with Crippen LogP contribution in [0.1, 0.15) is 19.6 Å². The van der Waals surface area contributed by atoms with E-state index < -0.39 is 0 Å². The second-order valence-electron chi connectivity index (χ2n) is 3.83. The van der Waals surface area contributed by atoms with Crippen molar-refractivity contribution in [1.29, 1.82) is 0 Å². The molecule has 86 valence electrons. The molecular formula is C14H13NO2. The molecule has 0 saturated carbocycles. The van der Waals surface area contributed by atoms with Crippen LogP contribution in [0.4, 0.5) is 0 Å². The Morgan fingerprint density at radius 1 is 1.29 bits per heavy atom. The van der Waals surface area contributed by atoms with Gasteiger partial charge < -0.3 is 4.42 Å². The minimum atomic E-state index is 0.0457. The van der Waals surface area contributed by atoms with E-state index >= 15 is 0 Å². The highest BCUT2D eigenvalue weighted by molar-refractivity contribution is 5.96. The van der Waals surface area contributed by atoms with Crippen LogP contribution in [0.5, 0.6) is 0 Å². The van der Waals surface area contributed by atoms with E-state index in [9.17, 15) is 4.79 Å². The van der Waals surface area contributed by atoms with Crippen LogP contribution in [0.2, 0.25) is 0 Å². The highest BCUT2D eigenvalue weighted by atomic mass is 16.3. The summed E-state index contributed by atoms with van der Waals surface area (Å²) in [7, 11) is 0. The van der Waals surface area contributed by atoms with Gasteiger partial charge in [-0.15, -0.1) is 0 Å². The van der Waals surface area contributed by atoms with Crippen molar-refractivity contribution in [2.24, 2.45) is 0 Å². The molecule has 0 aliphatic rings. The summed E-state index contributed by atoms with van der Waals surface area (Å²) in [4.78, 5) is 15.1. The van der Waals surface area contributed by atoms with Gasteiger partial charge in [-0.3, -0.25) is 9.78 Å². The van der Waals surface area contributed by atoms with E-state index in [0.717, 1.165) is 11.3 Å². The Balaban J connectivity index is 2.29. The van der Waals surface area contributed by atoms with Crippen molar-refractivity contribution in [3.63, 3.8) is 0 Å². The summed E-state index contributed by atoms with van der Waals surface area (Å²) in [5.74, 6) is 1.47. The summed E-state index contributed by atoms with van der Waals surface area (Å²) >= 11 is 0. The van der Waals surface area contributed by atoms with Gasteiger partial charge in [-0.1, -0.05) is 0 Å². The maximum Gasteiger partial charge on any atom is 0.155 e. The fourth-order valence-electron chi connectivity index (χ4n) is 1.41. The fourth-order valence-corrected chi connectivity index (χ4v) is 1.41. The Morgan fingerprint density at radius 3 is 2.76 bits per heavy atom. The molecule has 0 bridgehead atoms. The zero-order chi connectivity index (χ0) is 12.3. The van der Waals surface area contributed by atoms with E-state index in [0.29, 0.717) is 11.3 Å². The lowest BCUT2D eigenvalue weighted by Crippen LogP contribution is -1.89. The van der Waals surface area contributed by atoms with Crippen molar-refractivity contribution >= 4 is 11.9 Å². The van der Waals surface area contributed by atoms with Gasteiger partial charge in [-0.2, -0.15) is 0 Å². The quantitative estimate of drug-likeness (QED) is 0.755. The highest BCUT2D eigenvalue weighted by Gasteiger charge is 2.04. The van der Waals surface area contributed by atoms with Crippen molar-refractivity contribution in [2.45, 2.75) is 13.8 Å². The first kappa shape index (κ1) is 11.3. The number of aromatic nitrogens is 1. The maximum atomic E-state index is 11.1. The first-order chi connectivity index (χ1) is 8.16. The fraction of sp³-hybridized carbons (Fsp3) is 0.143. The number of hydrogen-bond donors (Lipinski definition) is 0. The molecule has 3 heteroatoms. The molecule has 0 radical (unpaired) electrons. The van der Waals surface area contributed by atoms with Crippen LogP contribution in [-0.4, -0.2) is 10.8 Å². The van der Waals surface area contributed by atoms with Crippen molar-refractivity contribution < 1.29 is 9.21 Å². The van der Waals surface area contributed by atoms with Gasteiger partial charge in [-0.05, 0) is 49.8 Å². The van der Waals surface area contributed by atoms with Crippen LogP contribution < -0.4 is 0 Å². The number of allylic oxidation sites excluding steroid dienone is 1. The predicted octanol–water partition coefficient (Wildman–Crippen LogP) is 3.33. The number of carbonyl (C=O) groups is 1. The van der Waals surface area contributed by atoms with Crippen molar-refractivity contribution in [3.8, 4) is 11.3 Å². The van der Waals surface area contributed by atoms with Crippen LogP contribution in [0.15, 0.2) is 46.6 Å². The molecule has 0 fully saturated rings. The standard InChI is InChI=1S/C14H13NO2/c1-10(11(2)16)8-13-5-6-14(17-13)12-4-3-7-15-9-12/h3-9H,1-2H3/b10-8+. The van der Waals surface area contributed by atoms with Gasteiger partial charge >= 0.3 is 0 Å². The second kappa shape index (κ2) is 4.78. The lowest BCUT2D eigenvalue weighted by atomic mass is 10.2. The van der Waals surface area contributed by atoms with E-state index in [-0.39, 0.29) is 5.78 Å². The largest absolute Gasteiger partial charge is 0.457 e. The molecule has 0 aliphatic carbocycles. The third-order valence-electron chi connectivity index (χ3n) is 2.49. The summed E-state index contributed by atoms with van der Waals surface area (Å²) in [6.07, 6.45) is 5.19. The van der Waals surface area contributed by atoms with Gasteiger partial charge in [0.25, 0.3) is 0 Å². The third kappa shape index (κ3) is 2.69. The summed E-state index contributed by atoms with van der Waals surface area (Å²) < 4.78 is 5.62. The van der Waals surface area contributed by atoms with Crippen LogP contribution in [0, 0.1) is 0 Å². The molecule has 2 aromatic rings. The number of ketones is 1. The van der Waals surface area contributed by atoms with Crippen molar-refractivity contribution in [1.82, 2.24) is 4.98 Å². The number of nitrogens with zero attached hydrogens (tertiary/aromatic N) is 1. The van der Waals surface area contributed by atoms with E-state index in [4.69, 9.17) is 4.42 Å². The average Bonchev–Trinajstić information content (AvgIpc) is 2.78. The minimum Gasteiger partial charge on any atom is -0.457 e. The average molecular weight is 227 g/mol. The van der Waals surface area contributed by atoms with Crippen LogP contribution in [-0.2, 0) is 4.79 Å². The molecule has 2 rings (SSSR count). The molecule has 0 N–H and O–H groups in total. The van der Waals surface area contributed by atoms with Crippen molar-refractivity contribution in [2.75, 3.05) is 0 Å². The maximum absolute atomic E-state index is 11.1. The molecule has 0 unspecified atom stereocenters. The summed E-state index contributed by atoms with van der Waals surface area (Å²) in [5, 5.41) is 0. The zero-order valence-electron chi connectivity index (χ0n) is 9.81. The van der Waals surface area contributed by atoms with E-state index in [1.165, 1.54) is 6.92 Å². The molecule has 0 aliphatic heterocycles. The van der Waals surface area contributed by atoms with Gasteiger partial charge in [0.1, 0.15) is 11.5 Å². The summed E-state index contributed by atoms with van der Waals surface area (Å²) in [6, 6.07) is 7.50. The SMILES string of the molecule is CC(=O)/C(C)=C/c1ccc(-c2cccnc2)o1. The molecule has 2 aromatic heterocycles. The molecule has 0 aromatic carbocycles. The van der Waals surface area contributed by atoms with Gasteiger partial charge in [0.05, 0.1) is 0 Å². The molecule has 0 spiro atoms. The Hall–Kier alpha value is -2.16. The van der Waals surface area contributed by atoms with Gasteiger partial charge in [0.2, 0.25) is 0 Å². The van der Waals surface area contributed by atoms with E-state index in [1.807, 2.05) is 24.3 Å². The molecule has 0 amide bonds. The molecule has 17 heavy (non-hydrogen) atoms. The van der Waals surface area contributed by atoms with Crippen LogP contribution in [0.3, 0.4) is 0 Å². The van der Waals surface area contributed by atoms with Crippen molar-refractivity contribution in [3.05, 3.63) is 48.0 Å². The Bertz CT molecular complexity index is 553. The molecule has 0 saturated heterocycles. The first-order valence-electron chi connectivity index (χ1n) is 5.36. The van der Waals surface area contributed by atoms with Gasteiger partial charge in [0.15, 0.2) is 5.78 Å². The van der Waals surface area contributed by atoms with E-state index in [2.05, 4.69) is 4.98 Å². The molecule has 0 atom stereocenters. The number of carbonyl (C=O) groups excluding carboxylic acids is 1. The van der Waals surface area contributed by atoms with Gasteiger partial charge in [0, 0.05) is 18.0 Å². The number of pyridine rings is 1. The Morgan fingerprint density at radius 2 is 2.12 bits per heavy atom. The Labute approximate surface area is 99.8 Å². The monoisotopic (exact) mass is 227 g/mol. The molecule has 3 nitrogen and oxygen atoms in total. The summed E-state index contributed by atoms with van der Waals surface area (Å²) in [6.45, 7) is 3.31. The van der Waals surface area contributed by atoms with E-state index in [1.54, 1.807) is 25.4 Å². The lowest BCUT2D eigenvalue weighted by molar-refractivity contribution is -0.113. The topological polar surface area (TPSA) is 43.1 Å². The first-order valence-corrected chi connectivity index (χ1v) is 5.36. The smallest absolute Gasteiger partial charge is 0.155 e. The number of furan rings is 1. The van der Waals surface area contributed by atoms with Crippen LogP contribution >= 0.6 is 0 Å². The zero-order valence-corrected chi connectivity index (χ0v) is 9.81. The number of Topliss-reactive ketones (excluding diaryl/α,β-unsaturated/α-hetero) is 1. The third-order valence-corrected chi connectivity index (χ3v) is 2.49. The number of hydrogen-bond acceptors (Lipinski definition) is 3. The normalized spacial score (nSPS) is 11.5. The molecular weight excluding hydrogens is 214 g/mol. The Kier molecular flexibility index (Phi) is 3.19. The minimum absolute atomic E-state index is 0.0457. The summed E-state index contributed by atoms with van der Waals surface area (Å²) in [5.41, 5.74) is 1.60.